The third-order valence-electron chi connectivity index (χ3n) is 2.35. The fraction of sp³-hybridized carbons (Fsp3) is 0.273. The summed E-state index contributed by atoms with van der Waals surface area (Å²) in [5, 5.41) is 2.76. The van der Waals surface area contributed by atoms with Crippen LogP contribution in [0.2, 0.25) is 0 Å². The highest BCUT2D eigenvalue weighted by molar-refractivity contribution is 7.80. The summed E-state index contributed by atoms with van der Waals surface area (Å²) in [5.41, 5.74) is 6.12. The van der Waals surface area contributed by atoms with E-state index in [-0.39, 0.29) is 10.7 Å². The van der Waals surface area contributed by atoms with Crippen LogP contribution in [0.25, 0.3) is 0 Å². The molecule has 3 N–H and O–H groups in total. The van der Waals surface area contributed by atoms with Crippen molar-refractivity contribution >= 4 is 29.0 Å². The smallest absolute Gasteiger partial charge is 0.340 e. The van der Waals surface area contributed by atoms with Crippen LogP contribution < -0.4 is 20.5 Å². The number of nitrogens with one attached hydrogen (secondary N) is 1. The van der Waals surface area contributed by atoms with E-state index in [1.54, 1.807) is 12.1 Å². The van der Waals surface area contributed by atoms with Crippen LogP contribution in [0.15, 0.2) is 12.1 Å². The zero-order valence-electron chi connectivity index (χ0n) is 9.69. The summed E-state index contributed by atoms with van der Waals surface area (Å²) in [6.45, 7) is 0.896. The number of methoxy groups -OCH3 is 1. The Hall–Kier alpha value is -2.02. The molecule has 6 nitrogen and oxygen atoms in total. The van der Waals surface area contributed by atoms with Crippen LogP contribution in [0, 0.1) is 0 Å². The van der Waals surface area contributed by atoms with Gasteiger partial charge < -0.3 is 25.3 Å². The molecule has 0 spiro atoms. The summed E-state index contributed by atoms with van der Waals surface area (Å²) in [7, 11) is 1.30. The number of hydrogen-bond acceptors (Lipinski definition) is 5. The molecule has 96 valence electrons. The van der Waals surface area contributed by atoms with E-state index in [9.17, 15) is 4.79 Å². The predicted octanol–water partition coefficient (Wildman–Crippen LogP) is 0.900. The van der Waals surface area contributed by atoms with Gasteiger partial charge in [0, 0.05) is 12.1 Å². The van der Waals surface area contributed by atoms with E-state index < -0.39 is 5.97 Å². The lowest BCUT2D eigenvalue weighted by atomic mass is 10.1. The molecular formula is C11H12N2O4S. The summed E-state index contributed by atoms with van der Waals surface area (Å²) < 4.78 is 15.5. The summed E-state index contributed by atoms with van der Waals surface area (Å²) in [4.78, 5) is 11.7. The van der Waals surface area contributed by atoms with Gasteiger partial charge >= 0.3 is 5.97 Å². The molecule has 0 aliphatic carbocycles. The van der Waals surface area contributed by atoms with Crippen molar-refractivity contribution < 1.29 is 19.0 Å². The first-order valence-electron chi connectivity index (χ1n) is 5.20. The van der Waals surface area contributed by atoms with Gasteiger partial charge in [-0.15, -0.1) is 0 Å². The summed E-state index contributed by atoms with van der Waals surface area (Å²) in [5.74, 6) is 0.522. The Morgan fingerprint density at radius 2 is 2.00 bits per heavy atom. The topological polar surface area (TPSA) is 82.8 Å². The maximum Gasteiger partial charge on any atom is 0.340 e. The molecule has 1 heterocycles. The molecule has 0 amide bonds. The second-order valence-corrected chi connectivity index (χ2v) is 3.96. The third-order valence-corrected chi connectivity index (χ3v) is 2.45. The highest BCUT2D eigenvalue weighted by atomic mass is 32.1. The number of esters is 1. The minimum atomic E-state index is -0.509. The standard InChI is InChI=1S/C11H12N2O4S/c1-15-10(14)6-4-8-9(17-3-2-16-8)5-7(6)13-11(12)18/h4-5H,2-3H2,1H3,(H3,12,13,18). The summed E-state index contributed by atoms with van der Waals surface area (Å²) in [6, 6.07) is 3.15. The van der Waals surface area contributed by atoms with Crippen LogP contribution >= 0.6 is 12.2 Å². The van der Waals surface area contributed by atoms with Gasteiger partial charge in [-0.25, -0.2) is 4.79 Å². The van der Waals surface area contributed by atoms with E-state index in [0.717, 1.165) is 0 Å². The van der Waals surface area contributed by atoms with Gasteiger partial charge in [0.2, 0.25) is 0 Å². The van der Waals surface area contributed by atoms with E-state index in [1.807, 2.05) is 0 Å². The van der Waals surface area contributed by atoms with Gasteiger partial charge in [-0.3, -0.25) is 0 Å². The van der Waals surface area contributed by atoms with Crippen LogP contribution in [0.3, 0.4) is 0 Å². The molecule has 1 aromatic carbocycles. The Bertz CT molecular complexity index is 504. The van der Waals surface area contributed by atoms with E-state index in [1.165, 1.54) is 7.11 Å². The molecule has 2 rings (SSSR count). The highest BCUT2D eigenvalue weighted by Crippen LogP contribution is 2.35. The number of nitrogens with two attached hydrogens (primary N) is 1. The van der Waals surface area contributed by atoms with Crippen LogP contribution in [-0.4, -0.2) is 31.4 Å². The van der Waals surface area contributed by atoms with Crippen molar-refractivity contribution in [2.75, 3.05) is 25.6 Å². The molecule has 1 aliphatic heterocycles. The number of ether oxygens (including phenoxy) is 3. The van der Waals surface area contributed by atoms with Crippen LogP contribution in [-0.2, 0) is 4.74 Å². The number of anilines is 1. The van der Waals surface area contributed by atoms with E-state index in [2.05, 4.69) is 5.32 Å². The molecule has 0 saturated carbocycles. The van der Waals surface area contributed by atoms with Crippen LogP contribution in [0.5, 0.6) is 11.5 Å². The van der Waals surface area contributed by atoms with Crippen molar-refractivity contribution in [3.05, 3.63) is 17.7 Å². The second kappa shape index (κ2) is 5.09. The van der Waals surface area contributed by atoms with Crippen LogP contribution in [0.1, 0.15) is 10.4 Å². The summed E-state index contributed by atoms with van der Waals surface area (Å²) >= 11 is 4.76. The van der Waals surface area contributed by atoms with Gasteiger partial charge in [0.15, 0.2) is 16.6 Å². The van der Waals surface area contributed by atoms with Crippen molar-refractivity contribution in [1.29, 1.82) is 0 Å². The third kappa shape index (κ3) is 2.45. The molecular weight excluding hydrogens is 256 g/mol. The zero-order valence-corrected chi connectivity index (χ0v) is 10.5. The lowest BCUT2D eigenvalue weighted by Crippen LogP contribution is -2.22. The van der Waals surface area contributed by atoms with Gasteiger partial charge in [-0.2, -0.15) is 0 Å². The van der Waals surface area contributed by atoms with Crippen molar-refractivity contribution in [1.82, 2.24) is 0 Å². The Morgan fingerprint density at radius 3 is 2.56 bits per heavy atom. The van der Waals surface area contributed by atoms with Gasteiger partial charge in [0.1, 0.15) is 13.2 Å². The van der Waals surface area contributed by atoms with E-state index >= 15 is 0 Å². The largest absolute Gasteiger partial charge is 0.486 e. The zero-order chi connectivity index (χ0) is 13.1. The molecule has 1 aliphatic rings. The molecule has 0 aromatic heterocycles. The number of fused-ring (bicyclic) bond motifs is 1. The second-order valence-electron chi connectivity index (χ2n) is 3.52. The predicted molar refractivity (Wildman–Crippen MR) is 69.2 cm³/mol. The molecule has 0 radical (unpaired) electrons. The molecule has 0 unspecified atom stereocenters. The SMILES string of the molecule is COC(=O)c1cc2c(cc1NC(N)=S)OCCO2. The van der Waals surface area contributed by atoms with Gasteiger partial charge in [-0.05, 0) is 12.2 Å². The monoisotopic (exact) mass is 268 g/mol. The highest BCUT2D eigenvalue weighted by Gasteiger charge is 2.20. The molecule has 18 heavy (non-hydrogen) atoms. The van der Waals surface area contributed by atoms with Gasteiger partial charge in [0.25, 0.3) is 0 Å². The van der Waals surface area contributed by atoms with Gasteiger partial charge in [-0.1, -0.05) is 0 Å². The number of hydrogen-bond donors (Lipinski definition) is 2. The number of thiocarbonyl (C=S) groups is 1. The fourth-order valence-electron chi connectivity index (χ4n) is 1.60. The molecule has 0 fully saturated rings. The number of benzene rings is 1. The lowest BCUT2D eigenvalue weighted by molar-refractivity contribution is 0.0601. The molecule has 0 atom stereocenters. The van der Waals surface area contributed by atoms with Crippen molar-refractivity contribution in [3.63, 3.8) is 0 Å². The minimum Gasteiger partial charge on any atom is -0.486 e. The van der Waals surface area contributed by atoms with E-state index in [4.69, 9.17) is 32.2 Å². The normalized spacial score (nSPS) is 12.7. The number of carbonyl (C=O) groups is 1. The average molecular weight is 268 g/mol. The first kappa shape index (κ1) is 12.4. The molecule has 0 bridgehead atoms. The van der Waals surface area contributed by atoms with Crippen molar-refractivity contribution in [2.45, 2.75) is 0 Å². The first-order chi connectivity index (χ1) is 8.61. The quantitative estimate of drug-likeness (QED) is 0.609. The Kier molecular flexibility index (Phi) is 3.52. The maximum atomic E-state index is 11.7. The fourth-order valence-corrected chi connectivity index (χ4v) is 1.71. The summed E-state index contributed by atoms with van der Waals surface area (Å²) in [6.07, 6.45) is 0. The van der Waals surface area contributed by atoms with Crippen molar-refractivity contribution in [2.24, 2.45) is 5.73 Å². The number of rotatable bonds is 2. The molecule has 7 heteroatoms. The minimum absolute atomic E-state index is 0.0526. The van der Waals surface area contributed by atoms with Gasteiger partial charge in [0.05, 0.1) is 18.4 Å². The molecule has 0 saturated heterocycles. The Labute approximate surface area is 109 Å². The first-order valence-corrected chi connectivity index (χ1v) is 5.61. The van der Waals surface area contributed by atoms with E-state index in [0.29, 0.717) is 30.4 Å². The molecule has 1 aromatic rings. The number of carbonyl (C=O) groups excluding carboxylic acids is 1. The Morgan fingerprint density at radius 1 is 1.39 bits per heavy atom. The average Bonchev–Trinajstić information content (AvgIpc) is 2.36. The Balaban J connectivity index is 2.47. The lowest BCUT2D eigenvalue weighted by Gasteiger charge is -2.20. The maximum absolute atomic E-state index is 11.7. The van der Waals surface area contributed by atoms with Crippen LogP contribution in [0.4, 0.5) is 5.69 Å². The van der Waals surface area contributed by atoms with Crippen molar-refractivity contribution in [3.8, 4) is 11.5 Å².